The Balaban J connectivity index is 0. The van der Waals surface area contributed by atoms with E-state index in [4.69, 9.17) is 32.3 Å². The van der Waals surface area contributed by atoms with Gasteiger partial charge in [0.05, 0.1) is 6.61 Å². The number of aliphatic hydroxyl groups is 1. The van der Waals surface area contributed by atoms with Crippen LogP contribution in [0, 0.1) is 0 Å². The number of unbranched alkanes of at least 4 members (excludes halogenated alkanes) is 6. The number of aliphatic carboxylic acids is 1. The van der Waals surface area contributed by atoms with Crippen LogP contribution >= 0.6 is 11.6 Å². The molecule has 0 radical (unpaired) electrons. The maximum absolute atomic E-state index is 11.2. The zero-order valence-corrected chi connectivity index (χ0v) is 18.4. The van der Waals surface area contributed by atoms with Crippen molar-refractivity contribution in [2.45, 2.75) is 101 Å². The number of hydrogen-bond acceptors (Lipinski definition) is 6. The topological polar surface area (TPSA) is 145 Å². The summed E-state index contributed by atoms with van der Waals surface area (Å²) in [6.07, 6.45) is 12.0. The van der Waals surface area contributed by atoms with Crippen molar-refractivity contribution in [2.24, 2.45) is 5.73 Å². The molecule has 2 aliphatic carbocycles. The van der Waals surface area contributed by atoms with Crippen molar-refractivity contribution in [1.82, 2.24) is 6.15 Å². The van der Waals surface area contributed by atoms with Crippen molar-refractivity contribution in [1.29, 1.82) is 0 Å². The molecule has 0 aromatic heterocycles. The summed E-state index contributed by atoms with van der Waals surface area (Å²) in [6, 6.07) is 0. The van der Waals surface area contributed by atoms with Crippen LogP contribution in [-0.2, 0) is 14.3 Å². The second-order valence-corrected chi connectivity index (χ2v) is 8.13. The van der Waals surface area contributed by atoms with Gasteiger partial charge in [-0.25, -0.2) is 0 Å². The number of carbonyl (C=O) groups excluding carboxylic acids is 1. The lowest BCUT2D eigenvalue weighted by atomic mass is 10.2. The number of carboxylic acids is 1. The molecule has 2 saturated carbocycles. The van der Waals surface area contributed by atoms with Crippen molar-refractivity contribution in [2.75, 3.05) is 13.2 Å². The van der Waals surface area contributed by atoms with Gasteiger partial charge in [0.2, 0.25) is 0 Å². The predicted octanol–water partition coefficient (Wildman–Crippen LogP) is 4.16. The molecule has 0 atom stereocenters. The summed E-state index contributed by atoms with van der Waals surface area (Å²) in [5.41, 5.74) is 4.36. The monoisotopic (exact) mass is 424 g/mol. The minimum atomic E-state index is -0.868. The summed E-state index contributed by atoms with van der Waals surface area (Å²) in [5.74, 6) is -1.09. The van der Waals surface area contributed by atoms with Crippen molar-refractivity contribution in [3.05, 3.63) is 0 Å². The molecule has 0 spiro atoms. The molecule has 2 rings (SSSR count). The lowest BCUT2D eigenvalue weighted by molar-refractivity contribution is -0.144. The van der Waals surface area contributed by atoms with Gasteiger partial charge in [0.1, 0.15) is 10.4 Å². The number of carbonyl (C=O) groups is 2. The zero-order valence-electron chi connectivity index (χ0n) is 17.7. The molecule has 2 aliphatic rings. The van der Waals surface area contributed by atoms with E-state index in [9.17, 15) is 9.59 Å². The minimum absolute atomic E-state index is 0. The first kappa shape index (κ1) is 29.3. The molecular weight excluding hydrogens is 384 g/mol. The van der Waals surface area contributed by atoms with Crippen LogP contribution in [0.4, 0.5) is 0 Å². The number of esters is 1. The number of hydrogen-bond donors (Lipinski definition) is 4. The van der Waals surface area contributed by atoms with Gasteiger partial charge in [-0.3, -0.25) is 9.59 Å². The predicted molar refractivity (Wildman–Crippen MR) is 113 cm³/mol. The SMILES string of the molecule is CCCCCCO.CCCCCCOC(=O)C1(Cl)CC1.N.NC1(C(=O)O)CC1. The Morgan fingerprint density at radius 1 is 0.964 bits per heavy atom. The van der Waals surface area contributed by atoms with Crippen molar-refractivity contribution in [3.63, 3.8) is 0 Å². The summed E-state index contributed by atoms with van der Waals surface area (Å²) in [4.78, 5) is 20.5. The maximum atomic E-state index is 11.2. The first-order chi connectivity index (χ1) is 12.8. The van der Waals surface area contributed by atoms with E-state index in [0.717, 1.165) is 32.1 Å². The van der Waals surface area contributed by atoms with E-state index in [0.29, 0.717) is 26.1 Å². The van der Waals surface area contributed by atoms with Crippen molar-refractivity contribution >= 4 is 23.5 Å². The van der Waals surface area contributed by atoms with Crippen LogP contribution in [0.25, 0.3) is 0 Å². The average Bonchev–Trinajstić information content (AvgIpc) is 3.56. The number of carboxylic acid groups (broad SMARTS) is 1. The lowest BCUT2D eigenvalue weighted by Crippen LogP contribution is -2.31. The van der Waals surface area contributed by atoms with Crippen LogP contribution in [0.2, 0.25) is 0 Å². The van der Waals surface area contributed by atoms with E-state index in [1.54, 1.807) is 0 Å². The van der Waals surface area contributed by atoms with E-state index in [1.165, 1.54) is 32.1 Å². The highest BCUT2D eigenvalue weighted by Gasteiger charge is 2.49. The fourth-order valence-electron chi connectivity index (χ4n) is 2.02. The molecule has 0 saturated heterocycles. The third-order valence-electron chi connectivity index (χ3n) is 4.51. The number of aliphatic hydroxyl groups excluding tert-OH is 1. The molecule has 28 heavy (non-hydrogen) atoms. The van der Waals surface area contributed by atoms with Crippen LogP contribution in [0.5, 0.6) is 0 Å². The van der Waals surface area contributed by atoms with Crippen LogP contribution < -0.4 is 11.9 Å². The molecule has 0 amide bonds. The molecule has 8 heteroatoms. The summed E-state index contributed by atoms with van der Waals surface area (Å²) in [6.45, 7) is 5.22. The molecule has 0 bridgehead atoms. The van der Waals surface area contributed by atoms with Gasteiger partial charge < -0.3 is 26.8 Å². The van der Waals surface area contributed by atoms with Gasteiger partial charge in [0.25, 0.3) is 0 Å². The van der Waals surface area contributed by atoms with Gasteiger partial charge >= 0.3 is 11.9 Å². The highest BCUT2D eigenvalue weighted by molar-refractivity contribution is 6.36. The van der Waals surface area contributed by atoms with Crippen LogP contribution in [0.1, 0.15) is 90.9 Å². The number of rotatable bonds is 11. The summed E-state index contributed by atoms with van der Waals surface area (Å²) >= 11 is 5.86. The summed E-state index contributed by atoms with van der Waals surface area (Å²) in [5, 5.41) is 16.5. The molecule has 0 unspecified atom stereocenters. The smallest absolute Gasteiger partial charge is 0.327 e. The Hall–Kier alpha value is -0.890. The van der Waals surface area contributed by atoms with Crippen molar-refractivity contribution < 1.29 is 24.5 Å². The highest BCUT2D eigenvalue weighted by atomic mass is 35.5. The summed E-state index contributed by atoms with van der Waals surface area (Å²) < 4.78 is 5.04. The molecule has 0 aliphatic heterocycles. The van der Waals surface area contributed by atoms with Gasteiger partial charge in [-0.2, -0.15) is 0 Å². The van der Waals surface area contributed by atoms with Crippen LogP contribution in [-0.4, -0.2) is 45.8 Å². The molecule has 168 valence electrons. The largest absolute Gasteiger partial charge is 0.480 e. The normalized spacial score (nSPS) is 16.9. The van der Waals surface area contributed by atoms with Gasteiger partial charge in [-0.1, -0.05) is 52.4 Å². The van der Waals surface area contributed by atoms with Gasteiger partial charge in [0, 0.05) is 6.61 Å². The first-order valence-corrected chi connectivity index (χ1v) is 10.6. The third-order valence-corrected chi connectivity index (χ3v) is 5.04. The van der Waals surface area contributed by atoms with E-state index < -0.39 is 16.4 Å². The molecule has 0 heterocycles. The fourth-order valence-corrected chi connectivity index (χ4v) is 2.17. The van der Waals surface area contributed by atoms with Crippen LogP contribution in [0.3, 0.4) is 0 Å². The van der Waals surface area contributed by atoms with E-state index in [1.807, 2.05) is 0 Å². The summed E-state index contributed by atoms with van der Waals surface area (Å²) in [7, 11) is 0. The lowest BCUT2D eigenvalue weighted by Gasteiger charge is -2.06. The quantitative estimate of drug-likeness (QED) is 0.221. The van der Waals surface area contributed by atoms with E-state index >= 15 is 0 Å². The van der Waals surface area contributed by atoms with Gasteiger partial charge in [-0.15, -0.1) is 11.6 Å². The minimum Gasteiger partial charge on any atom is -0.480 e. The Morgan fingerprint density at radius 3 is 1.79 bits per heavy atom. The maximum Gasteiger partial charge on any atom is 0.327 e. The Bertz CT molecular complexity index is 423. The molecular formula is C20H41ClN2O5. The first-order valence-electron chi connectivity index (χ1n) is 10.2. The highest BCUT2D eigenvalue weighted by Crippen LogP contribution is 2.43. The van der Waals surface area contributed by atoms with Crippen molar-refractivity contribution in [3.8, 4) is 0 Å². The number of nitrogens with two attached hydrogens (primary N) is 1. The number of alkyl halides is 1. The van der Waals surface area contributed by atoms with Crippen LogP contribution in [0.15, 0.2) is 0 Å². The third kappa shape index (κ3) is 14.2. The number of ether oxygens (including phenoxy) is 1. The van der Waals surface area contributed by atoms with E-state index in [2.05, 4.69) is 13.8 Å². The molecule has 7 nitrogen and oxygen atoms in total. The second kappa shape index (κ2) is 16.0. The second-order valence-electron chi connectivity index (χ2n) is 7.41. The molecule has 7 N–H and O–H groups in total. The number of halogens is 1. The Kier molecular flexibility index (Phi) is 16.7. The molecule has 2 fully saturated rings. The standard InChI is InChI=1S/C10H17ClO2.C6H14O.C4H7NO2.H3N/c1-2-3-4-5-8-13-9(12)10(11)6-7-10;1-2-3-4-5-6-7;5-4(1-2-4)3(6)7;/h2-8H2,1H3;7H,2-6H2,1H3;1-2,5H2,(H,6,7);1H3. The fraction of sp³-hybridized carbons (Fsp3) is 0.900. The molecule has 0 aromatic carbocycles. The average molecular weight is 425 g/mol. The van der Waals surface area contributed by atoms with Gasteiger partial charge in [0.15, 0.2) is 0 Å². The Morgan fingerprint density at radius 2 is 1.46 bits per heavy atom. The Labute approximate surface area is 174 Å². The molecule has 0 aromatic rings. The van der Waals surface area contributed by atoms with Gasteiger partial charge in [-0.05, 0) is 38.5 Å². The van der Waals surface area contributed by atoms with E-state index in [-0.39, 0.29) is 12.1 Å². The zero-order chi connectivity index (χ0) is 20.8.